The molecule has 0 bridgehead atoms. The topological polar surface area (TPSA) is 106 Å². The molecule has 0 saturated heterocycles. The summed E-state index contributed by atoms with van der Waals surface area (Å²) in [6.07, 6.45) is 0. The lowest BCUT2D eigenvalue weighted by Crippen LogP contribution is -2.02. The molecule has 0 heterocycles. The van der Waals surface area contributed by atoms with Gasteiger partial charge in [0.25, 0.3) is 10.1 Å². The maximum absolute atomic E-state index is 11.5. The Labute approximate surface area is 150 Å². The molecule has 2 rings (SSSR count). The average Bonchev–Trinajstić information content (AvgIpc) is 2.53. The standard InChI is InChI=1S/C14H12Cl2O3S.O3S/c15-8-10-1-4-12(5-2-10)13-6-3-11(9-16)7-14(13)20(17,18)19;1-4(2)3/h1-7H,8-9H2,(H,17,18,19);. The number of halogens is 2. The lowest BCUT2D eigenvalue weighted by Gasteiger charge is -2.09. The predicted octanol–water partition coefficient (Wildman–Crippen LogP) is 3.07. The fourth-order valence-corrected chi connectivity index (χ4v) is 2.98. The Balaban J connectivity index is 0.000000648. The van der Waals surface area contributed by atoms with E-state index in [4.69, 9.17) is 35.8 Å². The van der Waals surface area contributed by atoms with Crippen LogP contribution < -0.4 is 0 Å². The average molecular weight is 411 g/mol. The van der Waals surface area contributed by atoms with Crippen LogP contribution >= 0.6 is 23.2 Å². The van der Waals surface area contributed by atoms with Crippen LogP contribution in [0.15, 0.2) is 47.4 Å². The van der Waals surface area contributed by atoms with Gasteiger partial charge < -0.3 is 0 Å². The van der Waals surface area contributed by atoms with E-state index in [1.807, 2.05) is 12.1 Å². The largest absolute Gasteiger partial charge is 0.425 e. The molecule has 1 N–H and O–H groups in total. The highest BCUT2D eigenvalue weighted by Gasteiger charge is 2.17. The zero-order valence-corrected chi connectivity index (χ0v) is 15.2. The molecule has 0 spiro atoms. The first kappa shape index (κ1) is 20.6. The lowest BCUT2D eigenvalue weighted by molar-refractivity contribution is 0.483. The monoisotopic (exact) mass is 410 g/mol. The summed E-state index contributed by atoms with van der Waals surface area (Å²) in [6, 6.07) is 11.9. The second-order valence-corrected chi connectivity index (χ2v) is 6.81. The molecule has 0 radical (unpaired) electrons. The summed E-state index contributed by atoms with van der Waals surface area (Å²) >= 11 is 11.4. The molecule has 2 aromatic carbocycles. The maximum atomic E-state index is 11.5. The van der Waals surface area contributed by atoms with Crippen LogP contribution in [0.1, 0.15) is 11.1 Å². The molecule has 0 aliphatic carbocycles. The second kappa shape index (κ2) is 9.14. The summed E-state index contributed by atoms with van der Waals surface area (Å²) in [5, 5.41) is 0. The molecule has 0 atom stereocenters. The van der Waals surface area contributed by atoms with Crippen molar-refractivity contribution in [1.29, 1.82) is 0 Å². The van der Waals surface area contributed by atoms with Gasteiger partial charge in [-0.3, -0.25) is 4.55 Å². The molecule has 24 heavy (non-hydrogen) atoms. The molecule has 2 aromatic rings. The van der Waals surface area contributed by atoms with Gasteiger partial charge >= 0.3 is 10.6 Å². The minimum absolute atomic E-state index is 0.144. The fraction of sp³-hybridized carbons (Fsp3) is 0.143. The van der Waals surface area contributed by atoms with Gasteiger partial charge in [0.05, 0.1) is 0 Å². The van der Waals surface area contributed by atoms with Crippen molar-refractivity contribution in [2.24, 2.45) is 0 Å². The molecule has 0 aliphatic rings. The van der Waals surface area contributed by atoms with Crippen LogP contribution in [0.5, 0.6) is 0 Å². The van der Waals surface area contributed by atoms with Crippen molar-refractivity contribution in [3.63, 3.8) is 0 Å². The molecule has 0 aliphatic heterocycles. The molecule has 130 valence electrons. The van der Waals surface area contributed by atoms with Crippen molar-refractivity contribution in [2.45, 2.75) is 16.7 Å². The lowest BCUT2D eigenvalue weighted by atomic mass is 10.0. The summed E-state index contributed by atoms with van der Waals surface area (Å²) in [7, 11) is -7.43. The van der Waals surface area contributed by atoms with Crippen LogP contribution in [0.25, 0.3) is 11.1 Å². The molecule has 0 unspecified atom stereocenters. The maximum Gasteiger partial charge on any atom is 0.425 e. The first-order valence-corrected chi connectivity index (χ1v) is 9.78. The van der Waals surface area contributed by atoms with Gasteiger partial charge in [0.2, 0.25) is 0 Å². The highest BCUT2D eigenvalue weighted by atomic mass is 35.5. The Bertz CT molecular complexity index is 900. The van der Waals surface area contributed by atoms with Crippen LogP contribution in [-0.2, 0) is 32.5 Å². The van der Waals surface area contributed by atoms with E-state index < -0.39 is 20.7 Å². The van der Waals surface area contributed by atoms with Crippen molar-refractivity contribution in [1.82, 2.24) is 0 Å². The minimum Gasteiger partial charge on any atom is -0.282 e. The predicted molar refractivity (Wildman–Crippen MR) is 90.5 cm³/mol. The van der Waals surface area contributed by atoms with Gasteiger partial charge in [0.1, 0.15) is 4.90 Å². The number of alkyl halides is 2. The fourth-order valence-electron chi connectivity index (χ4n) is 1.88. The minimum atomic E-state index is -4.31. The van der Waals surface area contributed by atoms with Crippen LogP contribution in [0.4, 0.5) is 0 Å². The highest BCUT2D eigenvalue weighted by Crippen LogP contribution is 2.29. The molecule has 0 fully saturated rings. The molecular formula is C14H12Cl2O6S2. The van der Waals surface area contributed by atoms with Gasteiger partial charge in [-0.05, 0) is 22.8 Å². The van der Waals surface area contributed by atoms with E-state index in [1.165, 1.54) is 6.07 Å². The summed E-state index contributed by atoms with van der Waals surface area (Å²) in [4.78, 5) is -0.144. The highest BCUT2D eigenvalue weighted by molar-refractivity contribution is 7.86. The van der Waals surface area contributed by atoms with Crippen LogP contribution in [0.2, 0.25) is 0 Å². The van der Waals surface area contributed by atoms with Crippen LogP contribution in [0, 0.1) is 0 Å². The first-order chi connectivity index (χ1) is 11.2. The van der Waals surface area contributed by atoms with E-state index in [0.717, 1.165) is 5.56 Å². The first-order valence-electron chi connectivity index (χ1n) is 6.27. The molecule has 10 heteroatoms. The van der Waals surface area contributed by atoms with Gasteiger partial charge in [-0.2, -0.15) is 8.42 Å². The zero-order valence-electron chi connectivity index (χ0n) is 12.0. The second-order valence-electron chi connectivity index (χ2n) is 4.47. The van der Waals surface area contributed by atoms with Crippen molar-refractivity contribution in [3.8, 4) is 11.1 Å². The van der Waals surface area contributed by atoms with E-state index in [-0.39, 0.29) is 10.8 Å². The Morgan fingerprint density at radius 2 is 1.33 bits per heavy atom. The number of hydrogen-bond donors (Lipinski definition) is 1. The summed E-state index contributed by atoms with van der Waals surface area (Å²) in [5.41, 5.74) is 2.68. The Morgan fingerprint density at radius 1 is 0.875 bits per heavy atom. The molecule has 6 nitrogen and oxygen atoms in total. The van der Waals surface area contributed by atoms with E-state index in [9.17, 15) is 13.0 Å². The molecular weight excluding hydrogens is 399 g/mol. The summed E-state index contributed by atoms with van der Waals surface area (Å²) in [5.74, 6) is 0.560. The normalized spacial score (nSPS) is 10.6. The zero-order chi connectivity index (χ0) is 18.3. The third-order valence-corrected chi connectivity index (χ3v) is 4.41. The number of hydrogen-bond acceptors (Lipinski definition) is 5. The third kappa shape index (κ3) is 6.21. The van der Waals surface area contributed by atoms with E-state index in [1.54, 1.807) is 24.3 Å². The van der Waals surface area contributed by atoms with Crippen molar-refractivity contribution in [2.75, 3.05) is 0 Å². The van der Waals surface area contributed by atoms with Crippen molar-refractivity contribution >= 4 is 43.9 Å². The summed E-state index contributed by atoms with van der Waals surface area (Å²) in [6.45, 7) is 0. The number of rotatable bonds is 4. The molecule has 0 aromatic heterocycles. The van der Waals surface area contributed by atoms with Crippen LogP contribution in [-0.4, -0.2) is 25.6 Å². The van der Waals surface area contributed by atoms with E-state index in [2.05, 4.69) is 0 Å². The Kier molecular flexibility index (Phi) is 7.85. The smallest absolute Gasteiger partial charge is 0.282 e. The van der Waals surface area contributed by atoms with Gasteiger partial charge in [0.15, 0.2) is 0 Å². The Morgan fingerprint density at radius 3 is 1.75 bits per heavy atom. The summed E-state index contributed by atoms with van der Waals surface area (Å²) < 4.78 is 57.7. The Hall–Kier alpha value is -1.45. The SMILES string of the molecule is O=S(=O)(O)c1cc(CCl)ccc1-c1ccc(CCl)cc1.O=S(=O)=O. The van der Waals surface area contributed by atoms with E-state index >= 15 is 0 Å². The van der Waals surface area contributed by atoms with Crippen molar-refractivity contribution < 1.29 is 25.6 Å². The molecule has 0 saturated carbocycles. The molecule has 0 amide bonds. The van der Waals surface area contributed by atoms with E-state index in [0.29, 0.717) is 22.6 Å². The van der Waals surface area contributed by atoms with Gasteiger partial charge in [-0.25, -0.2) is 0 Å². The van der Waals surface area contributed by atoms with Crippen LogP contribution in [0.3, 0.4) is 0 Å². The van der Waals surface area contributed by atoms with Crippen molar-refractivity contribution in [3.05, 3.63) is 53.6 Å². The third-order valence-electron chi connectivity index (χ3n) is 2.90. The van der Waals surface area contributed by atoms with Gasteiger partial charge in [0, 0.05) is 17.3 Å². The quantitative estimate of drug-likeness (QED) is 0.612. The van der Waals surface area contributed by atoms with Gasteiger partial charge in [-0.15, -0.1) is 35.8 Å². The number of benzene rings is 2. The van der Waals surface area contributed by atoms with Gasteiger partial charge in [-0.1, -0.05) is 36.4 Å².